The van der Waals surface area contributed by atoms with Gasteiger partial charge in [0, 0.05) is 31.3 Å². The van der Waals surface area contributed by atoms with E-state index in [4.69, 9.17) is 4.74 Å². The smallest absolute Gasteiger partial charge is 0.277 e. The van der Waals surface area contributed by atoms with Crippen molar-refractivity contribution in [2.24, 2.45) is 0 Å². The van der Waals surface area contributed by atoms with Crippen molar-refractivity contribution in [3.8, 4) is 5.75 Å². The average Bonchev–Trinajstić information content (AvgIpc) is 2.73. The zero-order valence-corrected chi connectivity index (χ0v) is 17.2. The van der Waals surface area contributed by atoms with E-state index in [-0.39, 0.29) is 47.0 Å². The number of halogens is 1. The fourth-order valence-corrected chi connectivity index (χ4v) is 3.33. The van der Waals surface area contributed by atoms with Crippen molar-refractivity contribution >= 4 is 11.7 Å². The maximum absolute atomic E-state index is 13.0. The van der Waals surface area contributed by atoms with Crippen LogP contribution in [0, 0.1) is 5.82 Å². The monoisotopic (exact) mass is 415 g/mol. The molecule has 0 spiro atoms. The van der Waals surface area contributed by atoms with E-state index >= 15 is 0 Å². The van der Waals surface area contributed by atoms with Crippen molar-refractivity contribution in [1.82, 2.24) is 9.58 Å². The Balaban J connectivity index is 1.66. The summed E-state index contributed by atoms with van der Waals surface area (Å²) in [5.74, 6) is -0.712. The maximum atomic E-state index is 13.0. The van der Waals surface area contributed by atoms with Gasteiger partial charge in [-0.25, -0.2) is 4.39 Å². The number of hydrogen-bond acceptors (Lipinski definition) is 5. The Morgan fingerprint density at radius 3 is 2.60 bits per heavy atom. The van der Waals surface area contributed by atoms with Gasteiger partial charge < -0.3 is 15.1 Å². The van der Waals surface area contributed by atoms with E-state index in [0.29, 0.717) is 25.0 Å². The Morgan fingerprint density at radius 2 is 1.90 bits per heavy atom. The molecule has 1 unspecified atom stereocenters. The van der Waals surface area contributed by atoms with Gasteiger partial charge in [0.25, 0.3) is 5.91 Å². The van der Waals surface area contributed by atoms with Crippen LogP contribution in [-0.2, 0) is 0 Å². The van der Waals surface area contributed by atoms with E-state index in [1.54, 1.807) is 7.05 Å². The first kappa shape index (κ1) is 21.5. The molecule has 1 atom stereocenters. The quantitative estimate of drug-likeness (QED) is 0.503. The third-order valence-electron chi connectivity index (χ3n) is 5.13. The molecule has 0 radical (unpaired) electrons. The van der Waals surface area contributed by atoms with Crippen molar-refractivity contribution in [1.29, 1.82) is 0 Å². The summed E-state index contributed by atoms with van der Waals surface area (Å²) in [5, 5.41) is 0. The van der Waals surface area contributed by atoms with Crippen LogP contribution in [0.3, 0.4) is 0 Å². The van der Waals surface area contributed by atoms with Gasteiger partial charge >= 0.3 is 0 Å². The van der Waals surface area contributed by atoms with E-state index in [0.717, 1.165) is 12.8 Å². The summed E-state index contributed by atoms with van der Waals surface area (Å²) in [6.07, 6.45) is 4.25. The van der Waals surface area contributed by atoms with Crippen LogP contribution in [0.25, 0.3) is 0 Å². The number of carbonyl (C=O) groups excluding carboxylic acids is 2. The highest BCUT2D eigenvalue weighted by Gasteiger charge is 2.32. The molecule has 3 rings (SSSR count). The van der Waals surface area contributed by atoms with Gasteiger partial charge in [0.2, 0.25) is 5.43 Å². The van der Waals surface area contributed by atoms with Gasteiger partial charge in [-0.2, -0.15) is 0 Å². The molecule has 0 saturated carbocycles. The number of ketones is 1. The third kappa shape index (κ3) is 4.69. The lowest BCUT2D eigenvalue weighted by molar-refractivity contribution is 0.0678. The summed E-state index contributed by atoms with van der Waals surface area (Å²) < 4.78 is 20.1. The topological polar surface area (TPSA) is 80.6 Å². The van der Waals surface area contributed by atoms with Crippen LogP contribution in [0.4, 0.5) is 4.39 Å². The lowest BCUT2D eigenvalue weighted by Gasteiger charge is -2.36. The lowest BCUT2D eigenvalue weighted by Crippen LogP contribution is -2.52. The maximum Gasteiger partial charge on any atom is 0.277 e. The Bertz CT molecular complexity index is 971. The highest BCUT2D eigenvalue weighted by molar-refractivity contribution is 5.96. The van der Waals surface area contributed by atoms with Gasteiger partial charge in [0.15, 0.2) is 17.2 Å². The van der Waals surface area contributed by atoms with Crippen molar-refractivity contribution in [3.63, 3.8) is 0 Å². The van der Waals surface area contributed by atoms with Gasteiger partial charge in [0.05, 0.1) is 6.61 Å². The molecule has 30 heavy (non-hydrogen) atoms. The number of nitrogens with zero attached hydrogens (tertiary/aromatic N) is 2. The molecule has 0 bridgehead atoms. The molecule has 160 valence electrons. The number of fused-ring (bicyclic) bond motifs is 1. The molecular formula is C22H26FN3O4. The molecule has 0 aliphatic carbocycles. The van der Waals surface area contributed by atoms with Crippen LogP contribution in [-0.4, -0.2) is 41.1 Å². The molecular weight excluding hydrogens is 389 g/mol. The molecule has 1 N–H and O–H groups in total. The van der Waals surface area contributed by atoms with Gasteiger partial charge in [-0.15, -0.1) is 0 Å². The second-order valence-electron chi connectivity index (χ2n) is 7.31. The van der Waals surface area contributed by atoms with E-state index in [9.17, 15) is 18.8 Å². The number of Topliss-reactive ketones (excluding diaryl/α,β-unsaturated/α-hetero) is 1. The number of aromatic nitrogens is 1. The lowest BCUT2D eigenvalue weighted by atomic mass is 10.0. The van der Waals surface area contributed by atoms with Gasteiger partial charge in [-0.3, -0.25) is 19.1 Å². The summed E-state index contributed by atoms with van der Waals surface area (Å²) in [7, 11) is 1.65. The highest BCUT2D eigenvalue weighted by atomic mass is 19.1. The first-order valence-corrected chi connectivity index (χ1v) is 10.1. The van der Waals surface area contributed by atoms with Crippen LogP contribution >= 0.6 is 0 Å². The number of carbonyl (C=O) groups is 2. The summed E-state index contributed by atoms with van der Waals surface area (Å²) in [6, 6.07) is 6.84. The number of benzene rings is 1. The van der Waals surface area contributed by atoms with Crippen molar-refractivity contribution in [2.45, 2.75) is 45.2 Å². The molecule has 0 fully saturated rings. The Morgan fingerprint density at radius 1 is 1.17 bits per heavy atom. The minimum Gasteiger partial charge on any atom is -0.487 e. The largest absolute Gasteiger partial charge is 0.487 e. The third-order valence-corrected chi connectivity index (χ3v) is 5.13. The zero-order chi connectivity index (χ0) is 21.7. The van der Waals surface area contributed by atoms with Crippen LogP contribution in [0.15, 0.2) is 41.3 Å². The van der Waals surface area contributed by atoms with E-state index in [1.165, 1.54) is 46.1 Å². The molecule has 1 aliphatic rings. The van der Waals surface area contributed by atoms with E-state index < -0.39 is 0 Å². The second-order valence-corrected chi connectivity index (χ2v) is 7.31. The summed E-state index contributed by atoms with van der Waals surface area (Å²) in [4.78, 5) is 38.9. The molecule has 1 aliphatic heterocycles. The van der Waals surface area contributed by atoms with Crippen LogP contribution in [0.2, 0.25) is 0 Å². The van der Waals surface area contributed by atoms with E-state index in [2.05, 4.69) is 5.43 Å². The number of unbranched alkanes of at least 4 members (excludes halogenated alkanes) is 1. The fraction of sp³-hybridized carbons (Fsp3) is 0.409. The van der Waals surface area contributed by atoms with Crippen molar-refractivity contribution < 1.29 is 18.7 Å². The summed E-state index contributed by atoms with van der Waals surface area (Å²) in [5.41, 5.74) is 3.52. The standard InChI is InChI=1S/C22H26FN3O4/c1-3-4-14-30-21-18(28)12-13-26-20(21)22(29)25(2)19(24-26)7-5-6-17(27)15-8-10-16(23)11-9-15/h8-13,19,24H,3-7,14H2,1-2H3. The normalized spacial score (nSPS) is 15.5. The van der Waals surface area contributed by atoms with E-state index in [1.807, 2.05) is 6.92 Å². The zero-order valence-electron chi connectivity index (χ0n) is 17.2. The predicted octanol–water partition coefficient (Wildman–Crippen LogP) is 3.17. The molecule has 0 saturated heterocycles. The first-order chi connectivity index (χ1) is 14.4. The molecule has 1 aromatic heterocycles. The van der Waals surface area contributed by atoms with Gasteiger partial charge in [-0.05, 0) is 43.5 Å². The number of nitrogens with one attached hydrogen (secondary N) is 1. The Labute approximate surface area is 174 Å². The molecule has 8 heteroatoms. The minimum absolute atomic E-state index is 0.0558. The second kappa shape index (κ2) is 9.56. The van der Waals surface area contributed by atoms with Crippen molar-refractivity contribution in [2.75, 3.05) is 19.1 Å². The predicted molar refractivity (Wildman–Crippen MR) is 111 cm³/mol. The summed E-state index contributed by atoms with van der Waals surface area (Å²) >= 11 is 0. The molecule has 1 amide bonds. The van der Waals surface area contributed by atoms with Gasteiger partial charge in [0.1, 0.15) is 12.0 Å². The fourth-order valence-electron chi connectivity index (χ4n) is 3.33. The molecule has 2 aromatic rings. The minimum atomic E-state index is -0.381. The van der Waals surface area contributed by atoms with Crippen molar-refractivity contribution in [3.05, 3.63) is 63.8 Å². The Hall–Kier alpha value is -3.16. The number of rotatable bonds is 9. The SMILES string of the molecule is CCCCOc1c2n(ccc1=O)NC(CCCC(=O)c1ccc(F)cc1)N(C)C2=O. The number of ether oxygens (including phenoxy) is 1. The molecule has 7 nitrogen and oxygen atoms in total. The number of amides is 1. The molecule has 2 heterocycles. The summed E-state index contributed by atoms with van der Waals surface area (Å²) in [6.45, 7) is 2.39. The van der Waals surface area contributed by atoms with Gasteiger partial charge in [-0.1, -0.05) is 13.3 Å². The van der Waals surface area contributed by atoms with Crippen LogP contribution < -0.4 is 15.6 Å². The number of pyridine rings is 1. The van der Waals surface area contributed by atoms with Crippen LogP contribution in [0.1, 0.15) is 59.9 Å². The molecule has 1 aromatic carbocycles. The highest BCUT2D eigenvalue weighted by Crippen LogP contribution is 2.22. The number of hydrogen-bond donors (Lipinski definition) is 1. The van der Waals surface area contributed by atoms with Crippen LogP contribution in [0.5, 0.6) is 5.75 Å². The average molecular weight is 415 g/mol. The Kier molecular flexibility index (Phi) is 6.87. The first-order valence-electron chi connectivity index (χ1n) is 10.1.